The van der Waals surface area contributed by atoms with Crippen LogP contribution >= 0.6 is 11.3 Å². The molecule has 226 valence electrons. The summed E-state index contributed by atoms with van der Waals surface area (Å²) >= 11 is 1.23. The van der Waals surface area contributed by atoms with Gasteiger partial charge in [0.1, 0.15) is 23.9 Å². The summed E-state index contributed by atoms with van der Waals surface area (Å²) in [5.74, 6) is 0.351. The molecule has 0 amide bonds. The lowest BCUT2D eigenvalue weighted by Gasteiger charge is -2.26. The van der Waals surface area contributed by atoms with Crippen LogP contribution in [-0.4, -0.2) is 24.3 Å². The highest BCUT2D eigenvalue weighted by atomic mass is 32.1. The topological polar surface area (TPSA) is 79.1 Å². The van der Waals surface area contributed by atoms with Crippen molar-refractivity contribution < 1.29 is 23.4 Å². The quantitative estimate of drug-likeness (QED) is 0.199. The number of para-hydroxylation sites is 1. The van der Waals surface area contributed by atoms with Crippen molar-refractivity contribution in [3.8, 4) is 11.5 Å². The molecule has 1 aromatic heterocycles. The Bertz CT molecular complexity index is 2050. The Morgan fingerprint density at radius 2 is 1.67 bits per heavy atom. The van der Waals surface area contributed by atoms with E-state index in [1.54, 1.807) is 48.9 Å². The van der Waals surface area contributed by atoms with Gasteiger partial charge in [0, 0.05) is 11.1 Å². The first-order valence-corrected chi connectivity index (χ1v) is 15.2. The number of methoxy groups -OCH3 is 1. The lowest BCUT2D eigenvalue weighted by Crippen LogP contribution is -2.40. The van der Waals surface area contributed by atoms with Crippen molar-refractivity contribution in [3.05, 3.63) is 156 Å². The minimum Gasteiger partial charge on any atom is -0.497 e. The highest BCUT2D eigenvalue weighted by molar-refractivity contribution is 7.07. The molecular formula is C36H29FN2O5S. The number of carbonyl (C=O) groups excluding carboxylic acids is 1. The summed E-state index contributed by atoms with van der Waals surface area (Å²) in [6.07, 6.45) is 1.77. The molecule has 1 aliphatic heterocycles. The van der Waals surface area contributed by atoms with E-state index in [1.165, 1.54) is 23.5 Å². The minimum absolute atomic E-state index is 0.166. The van der Waals surface area contributed by atoms with Gasteiger partial charge in [0.25, 0.3) is 5.56 Å². The van der Waals surface area contributed by atoms with Crippen molar-refractivity contribution in [1.82, 2.24) is 4.57 Å². The molecule has 7 nitrogen and oxygen atoms in total. The second-order valence-corrected chi connectivity index (χ2v) is 11.2. The zero-order valence-corrected chi connectivity index (χ0v) is 25.4. The number of ether oxygens (including phenoxy) is 3. The van der Waals surface area contributed by atoms with E-state index in [2.05, 4.69) is 0 Å². The van der Waals surface area contributed by atoms with Crippen molar-refractivity contribution in [2.24, 2.45) is 4.99 Å². The number of benzene rings is 4. The zero-order chi connectivity index (χ0) is 31.3. The van der Waals surface area contributed by atoms with E-state index in [9.17, 15) is 14.0 Å². The minimum atomic E-state index is -0.798. The fraction of sp³-hybridized carbons (Fsp3) is 0.139. The van der Waals surface area contributed by atoms with Crippen LogP contribution in [0.25, 0.3) is 11.8 Å². The maximum atomic E-state index is 14.2. The Hall–Kier alpha value is -5.28. The average molecular weight is 621 g/mol. The molecule has 2 heterocycles. The van der Waals surface area contributed by atoms with Gasteiger partial charge in [-0.25, -0.2) is 14.2 Å². The van der Waals surface area contributed by atoms with Crippen molar-refractivity contribution in [1.29, 1.82) is 0 Å². The van der Waals surface area contributed by atoms with Crippen molar-refractivity contribution in [3.63, 3.8) is 0 Å². The van der Waals surface area contributed by atoms with Crippen molar-refractivity contribution in [2.45, 2.75) is 19.6 Å². The van der Waals surface area contributed by atoms with Crippen LogP contribution in [0.4, 0.5) is 4.39 Å². The summed E-state index contributed by atoms with van der Waals surface area (Å²) in [6, 6.07) is 29.4. The van der Waals surface area contributed by atoms with Gasteiger partial charge in [0.05, 0.1) is 35.6 Å². The smallest absolute Gasteiger partial charge is 0.338 e. The van der Waals surface area contributed by atoms with Gasteiger partial charge in [-0.15, -0.1) is 0 Å². The molecule has 1 aliphatic rings. The second kappa shape index (κ2) is 13.2. The highest BCUT2D eigenvalue weighted by Gasteiger charge is 2.35. The number of halogens is 1. The van der Waals surface area contributed by atoms with E-state index in [4.69, 9.17) is 19.2 Å². The molecule has 5 aromatic rings. The molecule has 0 spiro atoms. The van der Waals surface area contributed by atoms with Crippen LogP contribution in [0, 0.1) is 5.82 Å². The third kappa shape index (κ3) is 6.21. The van der Waals surface area contributed by atoms with Crippen LogP contribution in [0.1, 0.15) is 35.2 Å². The summed E-state index contributed by atoms with van der Waals surface area (Å²) in [5.41, 5.74) is 3.36. The second-order valence-electron chi connectivity index (χ2n) is 10.2. The summed E-state index contributed by atoms with van der Waals surface area (Å²) in [6.45, 7) is 2.14. The van der Waals surface area contributed by atoms with E-state index in [0.29, 0.717) is 37.7 Å². The SMILES string of the molecule is CCOC(=O)C1=C(c2ccccc2)N=c2s/c(=C\c3ccccc3OCc3ccc(F)cc3)c(=O)n2[C@@H]1c1ccc(OC)cc1. The molecule has 0 aliphatic carbocycles. The van der Waals surface area contributed by atoms with E-state index < -0.39 is 12.0 Å². The fourth-order valence-electron chi connectivity index (χ4n) is 5.16. The molecule has 0 saturated heterocycles. The predicted octanol–water partition coefficient (Wildman–Crippen LogP) is 5.66. The van der Waals surface area contributed by atoms with Gasteiger partial charge in [-0.05, 0) is 54.5 Å². The van der Waals surface area contributed by atoms with Crippen LogP contribution in [0.15, 0.2) is 118 Å². The van der Waals surface area contributed by atoms with Crippen molar-refractivity contribution in [2.75, 3.05) is 13.7 Å². The number of hydrogen-bond donors (Lipinski definition) is 0. The summed E-state index contributed by atoms with van der Waals surface area (Å²) in [7, 11) is 1.58. The lowest BCUT2D eigenvalue weighted by molar-refractivity contribution is -0.138. The van der Waals surface area contributed by atoms with E-state index in [-0.39, 0.29) is 30.2 Å². The van der Waals surface area contributed by atoms with E-state index in [1.807, 2.05) is 66.7 Å². The first kappa shape index (κ1) is 29.8. The van der Waals surface area contributed by atoms with Crippen LogP contribution in [0.2, 0.25) is 0 Å². The van der Waals surface area contributed by atoms with Gasteiger partial charge < -0.3 is 14.2 Å². The van der Waals surface area contributed by atoms with Gasteiger partial charge in [0.15, 0.2) is 4.80 Å². The van der Waals surface area contributed by atoms with Gasteiger partial charge in [-0.2, -0.15) is 0 Å². The number of esters is 1. The van der Waals surface area contributed by atoms with Gasteiger partial charge >= 0.3 is 5.97 Å². The molecule has 0 radical (unpaired) electrons. The number of rotatable bonds is 9. The number of nitrogens with zero attached hydrogens (tertiary/aromatic N) is 2. The first-order valence-electron chi connectivity index (χ1n) is 14.4. The van der Waals surface area contributed by atoms with Gasteiger partial charge in [-0.1, -0.05) is 84.1 Å². The van der Waals surface area contributed by atoms with Crippen LogP contribution in [0.5, 0.6) is 11.5 Å². The Balaban J connectivity index is 1.51. The molecule has 4 aromatic carbocycles. The summed E-state index contributed by atoms with van der Waals surface area (Å²) < 4.78 is 32.3. The van der Waals surface area contributed by atoms with Crippen molar-refractivity contribution >= 4 is 29.1 Å². The molecule has 9 heteroatoms. The normalized spacial score (nSPS) is 14.5. The van der Waals surface area contributed by atoms with Gasteiger partial charge in [-0.3, -0.25) is 9.36 Å². The molecule has 6 rings (SSSR count). The largest absolute Gasteiger partial charge is 0.497 e. The maximum absolute atomic E-state index is 14.2. The van der Waals surface area contributed by atoms with E-state index in [0.717, 1.165) is 11.1 Å². The molecule has 45 heavy (non-hydrogen) atoms. The van der Waals surface area contributed by atoms with Crippen LogP contribution in [0.3, 0.4) is 0 Å². The molecule has 1 atom stereocenters. The molecule has 0 fully saturated rings. The molecule has 0 N–H and O–H groups in total. The fourth-order valence-corrected chi connectivity index (χ4v) is 6.15. The molecule has 0 unspecified atom stereocenters. The predicted molar refractivity (Wildman–Crippen MR) is 171 cm³/mol. The highest BCUT2D eigenvalue weighted by Crippen LogP contribution is 2.35. The standard InChI is InChI=1S/C36H29FN2O5S/c1-3-43-35(41)31-32(24-9-5-4-6-10-24)38-36-39(33(31)25-15-19-28(42-2)20-16-25)34(40)30(45-36)21-26-11-7-8-12-29(26)44-22-23-13-17-27(37)18-14-23/h4-21,33H,3,22H2,1-2H3/b30-21-/t33-/m1/s1. The molecule has 0 bridgehead atoms. The average Bonchev–Trinajstić information content (AvgIpc) is 3.38. The molecule has 0 saturated carbocycles. The Labute approximate surface area is 262 Å². The maximum Gasteiger partial charge on any atom is 0.338 e. The molecular weight excluding hydrogens is 591 g/mol. The lowest BCUT2D eigenvalue weighted by atomic mass is 9.93. The van der Waals surface area contributed by atoms with Crippen LogP contribution < -0.4 is 24.4 Å². The number of carbonyl (C=O) groups is 1. The number of thiazole rings is 1. The first-order chi connectivity index (χ1) is 22.0. The number of aromatic nitrogens is 1. The third-order valence-electron chi connectivity index (χ3n) is 7.32. The zero-order valence-electron chi connectivity index (χ0n) is 24.6. The monoisotopic (exact) mass is 620 g/mol. The Morgan fingerprint density at radius 1 is 0.956 bits per heavy atom. The Kier molecular flexibility index (Phi) is 8.70. The number of hydrogen-bond acceptors (Lipinski definition) is 7. The Morgan fingerprint density at radius 3 is 2.38 bits per heavy atom. The van der Waals surface area contributed by atoms with Crippen LogP contribution in [-0.2, 0) is 16.1 Å². The summed E-state index contributed by atoms with van der Waals surface area (Å²) in [4.78, 5) is 33.2. The number of fused-ring (bicyclic) bond motifs is 1. The van der Waals surface area contributed by atoms with E-state index >= 15 is 0 Å². The summed E-state index contributed by atoms with van der Waals surface area (Å²) in [5, 5.41) is 0. The van der Waals surface area contributed by atoms with Gasteiger partial charge in [0.2, 0.25) is 0 Å². The third-order valence-corrected chi connectivity index (χ3v) is 8.30.